The quantitative estimate of drug-likeness (QED) is 0.180. The molecule has 0 radical (unpaired) electrons. The number of unbranched alkanes of at least 4 members (excludes halogenated alkanes) is 9. The van der Waals surface area contributed by atoms with E-state index in [1.165, 1.54) is 70.6 Å². The van der Waals surface area contributed by atoms with E-state index >= 15 is 0 Å². The lowest BCUT2D eigenvalue weighted by Crippen LogP contribution is -2.24. The highest BCUT2D eigenvalue weighted by Crippen LogP contribution is 2.37. The van der Waals surface area contributed by atoms with Gasteiger partial charge in [0.25, 0.3) is 0 Å². The third kappa shape index (κ3) is 8.41. The monoisotopic (exact) mass is 394 g/mol. The maximum absolute atomic E-state index is 11.9. The first-order chi connectivity index (χ1) is 13.8. The van der Waals surface area contributed by atoms with Gasteiger partial charge in [-0.1, -0.05) is 71.1 Å². The molecular formula is C24H42O4. The highest BCUT2D eigenvalue weighted by molar-refractivity contribution is 5.69. The molecule has 0 aromatic rings. The number of rotatable bonds is 16. The predicted octanol–water partition coefficient (Wildman–Crippen LogP) is 6.10. The van der Waals surface area contributed by atoms with Gasteiger partial charge >= 0.3 is 5.97 Å². The maximum Gasteiger partial charge on any atom is 0.306 e. The minimum Gasteiger partial charge on any atom is -0.462 e. The molecule has 1 aliphatic carbocycles. The summed E-state index contributed by atoms with van der Waals surface area (Å²) in [5, 5.41) is 0. The Morgan fingerprint density at radius 2 is 1.43 bits per heavy atom. The first-order valence-electron chi connectivity index (χ1n) is 12.3. The Kier molecular flexibility index (Phi) is 9.60. The van der Waals surface area contributed by atoms with Crippen molar-refractivity contribution >= 4 is 5.97 Å². The van der Waals surface area contributed by atoms with Crippen LogP contribution < -0.4 is 0 Å². The van der Waals surface area contributed by atoms with E-state index in [2.05, 4.69) is 6.92 Å². The molecule has 0 amide bonds. The Morgan fingerprint density at radius 3 is 2.11 bits per heavy atom. The van der Waals surface area contributed by atoms with Crippen molar-refractivity contribution < 1.29 is 19.0 Å². The normalized spacial score (nSPS) is 30.7. The zero-order valence-electron chi connectivity index (χ0n) is 18.0. The molecule has 0 aromatic heterocycles. The summed E-state index contributed by atoms with van der Waals surface area (Å²) < 4.78 is 16.9. The lowest BCUT2D eigenvalue weighted by Gasteiger charge is -2.19. The molecule has 2 heterocycles. The van der Waals surface area contributed by atoms with Crippen LogP contribution >= 0.6 is 0 Å². The minimum atomic E-state index is -0.00647. The van der Waals surface area contributed by atoms with Crippen LogP contribution in [-0.4, -0.2) is 36.5 Å². The van der Waals surface area contributed by atoms with Crippen molar-refractivity contribution in [1.29, 1.82) is 0 Å². The number of ether oxygens (including phenoxy) is 3. The van der Waals surface area contributed by atoms with Crippen LogP contribution in [0.15, 0.2) is 0 Å². The van der Waals surface area contributed by atoms with Gasteiger partial charge in [0, 0.05) is 12.8 Å². The van der Waals surface area contributed by atoms with Gasteiger partial charge in [0.15, 0.2) is 0 Å². The molecular weight excluding hydrogens is 352 g/mol. The topological polar surface area (TPSA) is 51.4 Å². The summed E-state index contributed by atoms with van der Waals surface area (Å²) in [5.74, 6) is -0.00647. The second-order valence-corrected chi connectivity index (χ2v) is 9.21. The van der Waals surface area contributed by atoms with Gasteiger partial charge in [-0.25, -0.2) is 0 Å². The third-order valence-electron chi connectivity index (χ3n) is 6.65. The smallest absolute Gasteiger partial charge is 0.306 e. The second-order valence-electron chi connectivity index (χ2n) is 9.21. The summed E-state index contributed by atoms with van der Waals surface area (Å²) in [6, 6.07) is 0. The lowest BCUT2D eigenvalue weighted by molar-refractivity contribution is -0.150. The number of carbonyl (C=O) groups is 1. The van der Waals surface area contributed by atoms with Crippen LogP contribution in [0.4, 0.5) is 0 Å². The summed E-state index contributed by atoms with van der Waals surface area (Å²) in [5.41, 5.74) is 0. The zero-order chi connectivity index (χ0) is 19.6. The van der Waals surface area contributed by atoms with E-state index in [1.54, 1.807) is 0 Å². The summed E-state index contributed by atoms with van der Waals surface area (Å²) in [6.07, 6.45) is 22.2. The summed E-state index contributed by atoms with van der Waals surface area (Å²) in [6.45, 7) is 2.27. The number of hydrogen-bond donors (Lipinski definition) is 0. The molecule has 28 heavy (non-hydrogen) atoms. The fourth-order valence-corrected chi connectivity index (χ4v) is 4.68. The Balaban J connectivity index is 1.05. The molecule has 5 atom stereocenters. The van der Waals surface area contributed by atoms with Crippen LogP contribution in [0.2, 0.25) is 0 Å². The van der Waals surface area contributed by atoms with E-state index in [9.17, 15) is 4.79 Å². The van der Waals surface area contributed by atoms with E-state index in [0.717, 1.165) is 32.1 Å². The zero-order valence-corrected chi connectivity index (χ0v) is 18.0. The molecule has 2 aliphatic heterocycles. The predicted molar refractivity (Wildman–Crippen MR) is 111 cm³/mol. The van der Waals surface area contributed by atoms with Crippen LogP contribution in [-0.2, 0) is 19.0 Å². The molecule has 2 saturated heterocycles. The first-order valence-corrected chi connectivity index (χ1v) is 12.3. The average Bonchev–Trinajstić information content (AvgIpc) is 3.59. The fourth-order valence-electron chi connectivity index (χ4n) is 4.68. The fraction of sp³-hybridized carbons (Fsp3) is 0.958. The molecule has 5 unspecified atom stereocenters. The number of carbonyl (C=O) groups excluding carboxylic acids is 1. The molecule has 0 N–H and O–H groups in total. The SMILES string of the molecule is CCCCCCCCC1OC1CCCCCCCC(=O)OC1CCC2OC2C1. The van der Waals surface area contributed by atoms with Crippen LogP contribution in [0.5, 0.6) is 0 Å². The van der Waals surface area contributed by atoms with E-state index in [0.29, 0.717) is 30.8 Å². The van der Waals surface area contributed by atoms with Gasteiger partial charge in [-0.15, -0.1) is 0 Å². The molecule has 3 rings (SSSR count). The standard InChI is InChI=1S/C24H42O4/c1-2-3-4-5-7-10-13-20-21(27-20)14-11-8-6-9-12-15-24(25)26-19-16-17-22-23(18-19)28-22/h19-23H,2-18H2,1H3. The van der Waals surface area contributed by atoms with Gasteiger partial charge < -0.3 is 14.2 Å². The Bertz CT molecular complexity index is 452. The molecule has 4 nitrogen and oxygen atoms in total. The van der Waals surface area contributed by atoms with Crippen molar-refractivity contribution in [2.24, 2.45) is 0 Å². The molecule has 3 fully saturated rings. The van der Waals surface area contributed by atoms with Crippen molar-refractivity contribution in [3.8, 4) is 0 Å². The summed E-state index contributed by atoms with van der Waals surface area (Å²) >= 11 is 0. The highest BCUT2D eigenvalue weighted by atomic mass is 16.6. The van der Waals surface area contributed by atoms with Crippen molar-refractivity contribution in [3.05, 3.63) is 0 Å². The highest BCUT2D eigenvalue weighted by Gasteiger charge is 2.45. The number of fused-ring (bicyclic) bond motifs is 1. The van der Waals surface area contributed by atoms with Gasteiger partial charge in [-0.05, 0) is 32.1 Å². The first kappa shape index (κ1) is 22.1. The second kappa shape index (κ2) is 12.2. The van der Waals surface area contributed by atoms with Crippen LogP contribution in [0.25, 0.3) is 0 Å². The summed E-state index contributed by atoms with van der Waals surface area (Å²) in [7, 11) is 0. The number of epoxide rings is 2. The Hall–Kier alpha value is -0.610. The largest absolute Gasteiger partial charge is 0.462 e. The average molecular weight is 395 g/mol. The number of hydrogen-bond acceptors (Lipinski definition) is 4. The van der Waals surface area contributed by atoms with Crippen LogP contribution in [0.1, 0.15) is 116 Å². The van der Waals surface area contributed by atoms with Gasteiger partial charge in [0.05, 0.1) is 24.4 Å². The molecule has 4 heteroatoms. The van der Waals surface area contributed by atoms with Crippen molar-refractivity contribution in [1.82, 2.24) is 0 Å². The molecule has 162 valence electrons. The van der Waals surface area contributed by atoms with E-state index < -0.39 is 0 Å². The van der Waals surface area contributed by atoms with Crippen LogP contribution in [0, 0.1) is 0 Å². The summed E-state index contributed by atoms with van der Waals surface area (Å²) in [4.78, 5) is 11.9. The minimum absolute atomic E-state index is 0.00647. The molecule has 0 spiro atoms. The maximum atomic E-state index is 11.9. The lowest BCUT2D eigenvalue weighted by atomic mass is 9.98. The molecule has 0 aromatic carbocycles. The van der Waals surface area contributed by atoms with Crippen LogP contribution in [0.3, 0.4) is 0 Å². The van der Waals surface area contributed by atoms with Crippen molar-refractivity contribution in [2.75, 3.05) is 0 Å². The third-order valence-corrected chi connectivity index (χ3v) is 6.65. The molecule has 0 bridgehead atoms. The van der Waals surface area contributed by atoms with Crippen molar-refractivity contribution in [2.45, 2.75) is 147 Å². The number of esters is 1. The van der Waals surface area contributed by atoms with Gasteiger partial charge in [0.1, 0.15) is 6.10 Å². The van der Waals surface area contributed by atoms with Gasteiger partial charge in [0.2, 0.25) is 0 Å². The van der Waals surface area contributed by atoms with Crippen molar-refractivity contribution in [3.63, 3.8) is 0 Å². The van der Waals surface area contributed by atoms with Gasteiger partial charge in [-0.3, -0.25) is 4.79 Å². The van der Waals surface area contributed by atoms with E-state index in [4.69, 9.17) is 14.2 Å². The van der Waals surface area contributed by atoms with E-state index in [1.807, 2.05) is 0 Å². The Morgan fingerprint density at radius 1 is 0.786 bits per heavy atom. The molecule has 1 saturated carbocycles. The molecule has 3 aliphatic rings. The van der Waals surface area contributed by atoms with Gasteiger partial charge in [-0.2, -0.15) is 0 Å². The van der Waals surface area contributed by atoms with E-state index in [-0.39, 0.29) is 12.1 Å². The Labute approximate surface area is 172 Å².